The van der Waals surface area contributed by atoms with Crippen LogP contribution in [0, 0.1) is 0 Å². The van der Waals surface area contributed by atoms with E-state index in [1.165, 1.54) is 8.79 Å². The molecule has 0 unspecified atom stereocenters. The van der Waals surface area contributed by atoms with Crippen molar-refractivity contribution in [2.75, 3.05) is 0 Å². The second-order valence-corrected chi connectivity index (χ2v) is 11.7. The zero-order valence-electron chi connectivity index (χ0n) is 13.2. The Morgan fingerprint density at radius 2 is 0.952 bits per heavy atom. The molecule has 0 amide bonds. The molecule has 0 atom stereocenters. The van der Waals surface area contributed by atoms with E-state index in [0.717, 1.165) is 0 Å². The third-order valence-electron chi connectivity index (χ3n) is 3.11. The molecule has 2 rings (SSSR count). The molecule has 112 valence electrons. The Balaban J connectivity index is 2.59. The van der Waals surface area contributed by atoms with Crippen molar-refractivity contribution in [3.63, 3.8) is 0 Å². The molecule has 0 saturated heterocycles. The van der Waals surface area contributed by atoms with Gasteiger partial charge in [-0.25, -0.2) is 0 Å². The van der Waals surface area contributed by atoms with E-state index in [2.05, 4.69) is 76.2 Å². The van der Waals surface area contributed by atoms with Gasteiger partial charge in [0.2, 0.25) is 0 Å². The predicted octanol–water partition coefficient (Wildman–Crippen LogP) is 3.09. The van der Waals surface area contributed by atoms with Crippen LogP contribution in [0.5, 0.6) is 0 Å². The van der Waals surface area contributed by atoms with E-state index in [9.17, 15) is 0 Å². The summed E-state index contributed by atoms with van der Waals surface area (Å²) >= 11 is -3.31. The number of hydrogen-bond donors (Lipinski definition) is 0. The molecule has 21 heavy (non-hydrogen) atoms. The van der Waals surface area contributed by atoms with E-state index in [1.54, 1.807) is 0 Å². The average molecular weight is 345 g/mol. The monoisotopic (exact) mass is 346 g/mol. The van der Waals surface area contributed by atoms with Gasteiger partial charge in [0.15, 0.2) is 0 Å². The molecular formula is C18H24GeO2. The van der Waals surface area contributed by atoms with E-state index in [-0.39, 0.29) is 12.2 Å². The van der Waals surface area contributed by atoms with Crippen molar-refractivity contribution in [2.24, 2.45) is 0 Å². The molecule has 0 aromatic heterocycles. The standard InChI is InChI=1S/C18H24GeO2/c1-15(2)20-19(21-16(3)4,17-11-7-5-8-12-17)18-13-9-6-10-14-18/h5-16H,1-4H3. The summed E-state index contributed by atoms with van der Waals surface area (Å²) in [4.78, 5) is 0. The van der Waals surface area contributed by atoms with Crippen LogP contribution >= 0.6 is 0 Å². The maximum atomic E-state index is 6.49. The molecule has 0 aliphatic heterocycles. The Kier molecular flexibility index (Phi) is 5.62. The third kappa shape index (κ3) is 3.97. The van der Waals surface area contributed by atoms with Gasteiger partial charge < -0.3 is 0 Å². The van der Waals surface area contributed by atoms with Gasteiger partial charge in [0.25, 0.3) is 0 Å². The molecule has 0 saturated carbocycles. The summed E-state index contributed by atoms with van der Waals surface area (Å²) in [6, 6.07) is 20.9. The summed E-state index contributed by atoms with van der Waals surface area (Å²) in [5.74, 6) is 0. The molecule has 0 aliphatic carbocycles. The van der Waals surface area contributed by atoms with Gasteiger partial charge in [0.1, 0.15) is 0 Å². The van der Waals surface area contributed by atoms with E-state index < -0.39 is 13.9 Å². The molecule has 0 radical (unpaired) electrons. The number of rotatable bonds is 6. The van der Waals surface area contributed by atoms with Crippen LogP contribution in [0.25, 0.3) is 0 Å². The Labute approximate surface area is 131 Å². The van der Waals surface area contributed by atoms with Crippen LogP contribution in [-0.2, 0) is 7.53 Å². The van der Waals surface area contributed by atoms with Crippen molar-refractivity contribution in [2.45, 2.75) is 39.9 Å². The van der Waals surface area contributed by atoms with Crippen LogP contribution in [0.1, 0.15) is 27.7 Å². The predicted molar refractivity (Wildman–Crippen MR) is 90.3 cm³/mol. The molecule has 2 aromatic carbocycles. The van der Waals surface area contributed by atoms with Crippen LogP contribution in [0.2, 0.25) is 0 Å². The van der Waals surface area contributed by atoms with E-state index in [4.69, 9.17) is 7.53 Å². The molecule has 0 aliphatic rings. The third-order valence-corrected chi connectivity index (χ3v) is 11.1. The second-order valence-electron chi connectivity index (χ2n) is 5.68. The quantitative estimate of drug-likeness (QED) is 0.750. The van der Waals surface area contributed by atoms with Crippen LogP contribution in [-0.4, -0.2) is 26.1 Å². The van der Waals surface area contributed by atoms with E-state index >= 15 is 0 Å². The van der Waals surface area contributed by atoms with Crippen LogP contribution < -0.4 is 8.79 Å². The molecule has 0 bridgehead atoms. The van der Waals surface area contributed by atoms with Gasteiger partial charge in [-0.05, 0) is 0 Å². The van der Waals surface area contributed by atoms with Gasteiger partial charge in [0.05, 0.1) is 0 Å². The summed E-state index contributed by atoms with van der Waals surface area (Å²) in [6.07, 6.45) is 0.258. The first kappa shape index (κ1) is 16.3. The zero-order chi connectivity index (χ0) is 15.3. The summed E-state index contributed by atoms with van der Waals surface area (Å²) in [5.41, 5.74) is 0. The van der Waals surface area contributed by atoms with Crippen molar-refractivity contribution < 1.29 is 7.53 Å². The SMILES string of the molecule is CC(C)[O][Ge]([O]C(C)C)([c]1ccccc1)[c]1ccccc1. The second kappa shape index (κ2) is 7.25. The average Bonchev–Trinajstić information content (AvgIpc) is 2.47. The van der Waals surface area contributed by atoms with Crippen molar-refractivity contribution in [3.05, 3.63) is 60.7 Å². The Morgan fingerprint density at radius 3 is 1.24 bits per heavy atom. The summed E-state index contributed by atoms with van der Waals surface area (Å²) < 4.78 is 15.4. The minimum absolute atomic E-state index is 0.129. The topological polar surface area (TPSA) is 18.5 Å². The molecular weight excluding hydrogens is 321 g/mol. The van der Waals surface area contributed by atoms with Crippen LogP contribution in [0.3, 0.4) is 0 Å². The molecule has 0 heterocycles. The van der Waals surface area contributed by atoms with Gasteiger partial charge >= 0.3 is 131 Å². The summed E-state index contributed by atoms with van der Waals surface area (Å²) in [7, 11) is 0. The fourth-order valence-corrected chi connectivity index (χ4v) is 9.84. The van der Waals surface area contributed by atoms with Gasteiger partial charge in [-0.1, -0.05) is 0 Å². The number of benzene rings is 2. The van der Waals surface area contributed by atoms with Gasteiger partial charge in [-0.3, -0.25) is 0 Å². The molecule has 0 spiro atoms. The van der Waals surface area contributed by atoms with Gasteiger partial charge in [0, 0.05) is 0 Å². The first-order valence-corrected chi connectivity index (χ1v) is 11.3. The Bertz CT molecular complexity index is 486. The van der Waals surface area contributed by atoms with Crippen molar-refractivity contribution in [3.8, 4) is 0 Å². The van der Waals surface area contributed by atoms with Crippen LogP contribution in [0.4, 0.5) is 0 Å². The minimum atomic E-state index is -3.31. The summed E-state index contributed by atoms with van der Waals surface area (Å²) in [6.45, 7) is 8.32. The Morgan fingerprint density at radius 1 is 0.619 bits per heavy atom. The zero-order valence-corrected chi connectivity index (χ0v) is 15.3. The first-order valence-electron chi connectivity index (χ1n) is 7.51. The van der Waals surface area contributed by atoms with E-state index in [1.807, 2.05) is 12.1 Å². The van der Waals surface area contributed by atoms with E-state index in [0.29, 0.717) is 0 Å². The fraction of sp³-hybridized carbons (Fsp3) is 0.333. The molecule has 2 aromatic rings. The molecule has 0 fully saturated rings. The first-order chi connectivity index (χ1) is 10.0. The fourth-order valence-electron chi connectivity index (χ4n) is 2.45. The maximum absolute atomic E-state index is 6.49. The molecule has 0 N–H and O–H groups in total. The van der Waals surface area contributed by atoms with Gasteiger partial charge in [-0.2, -0.15) is 0 Å². The van der Waals surface area contributed by atoms with Gasteiger partial charge in [-0.15, -0.1) is 0 Å². The van der Waals surface area contributed by atoms with Crippen molar-refractivity contribution in [1.82, 2.24) is 0 Å². The van der Waals surface area contributed by atoms with Crippen LogP contribution in [0.15, 0.2) is 60.7 Å². The molecule has 3 heteroatoms. The number of hydrogen-bond acceptors (Lipinski definition) is 2. The Hall–Kier alpha value is -1.10. The molecule has 2 nitrogen and oxygen atoms in total. The summed E-state index contributed by atoms with van der Waals surface area (Å²) in [5, 5.41) is 0. The van der Waals surface area contributed by atoms with Crippen molar-refractivity contribution >= 4 is 22.7 Å². The normalized spacial score (nSPS) is 12.1. The van der Waals surface area contributed by atoms with Crippen molar-refractivity contribution in [1.29, 1.82) is 0 Å².